The second-order valence-corrected chi connectivity index (χ2v) is 9.48. The van der Waals surface area contributed by atoms with Gasteiger partial charge < -0.3 is 5.32 Å². The van der Waals surface area contributed by atoms with Crippen LogP contribution in [0.1, 0.15) is 6.42 Å². The molecular weight excluding hydrogens is 326 g/mol. The number of aromatic nitrogens is 2. The molecule has 0 spiro atoms. The highest BCUT2D eigenvalue weighted by Crippen LogP contribution is 2.27. The molecule has 0 radical (unpaired) electrons. The molecule has 19 heavy (non-hydrogen) atoms. The average molecular weight is 339 g/mol. The predicted molar refractivity (Wildman–Crippen MR) is 77.6 cm³/mol. The molecule has 0 saturated carbocycles. The molecule has 1 aromatic rings. The number of nitrogens with zero attached hydrogens (tertiary/aromatic N) is 2. The normalized spacial score (nSPS) is 21.4. The van der Waals surface area contributed by atoms with Gasteiger partial charge in [-0.25, -0.2) is 8.42 Å². The highest BCUT2D eigenvalue weighted by Gasteiger charge is 2.28. The molecule has 0 aliphatic carbocycles. The van der Waals surface area contributed by atoms with Gasteiger partial charge in [-0.15, -0.1) is 10.2 Å². The second kappa shape index (κ2) is 6.42. The fourth-order valence-electron chi connectivity index (χ4n) is 1.64. The van der Waals surface area contributed by atoms with Crippen LogP contribution in [0.3, 0.4) is 0 Å². The largest absolute Gasteiger partial charge is 0.352 e. The lowest BCUT2D eigenvalue weighted by Crippen LogP contribution is -2.36. The average Bonchev–Trinajstić information content (AvgIpc) is 2.93. The van der Waals surface area contributed by atoms with Gasteiger partial charge in [-0.1, -0.05) is 34.9 Å². The van der Waals surface area contributed by atoms with Gasteiger partial charge in [0.1, 0.15) is 0 Å². The number of nitrogens with one attached hydrogen (secondary N) is 1. The Kier molecular flexibility index (Phi) is 5.09. The van der Waals surface area contributed by atoms with Crippen LogP contribution in [0.2, 0.25) is 0 Å². The Morgan fingerprint density at radius 1 is 1.47 bits per heavy atom. The Morgan fingerprint density at radius 3 is 2.79 bits per heavy atom. The third-order valence-corrected chi connectivity index (χ3v) is 7.29. The standard InChI is InChI=1S/C9H13N3O3S4/c1-16-8-11-12-9(18-8)17-4-7(13)10-6-2-3-19(14,15)5-6/h6H,2-5H2,1H3,(H,10,13). The quantitative estimate of drug-likeness (QED) is 0.788. The molecule has 1 aliphatic rings. The van der Waals surface area contributed by atoms with Gasteiger partial charge in [0.05, 0.1) is 17.3 Å². The molecule has 1 saturated heterocycles. The van der Waals surface area contributed by atoms with Gasteiger partial charge in [0, 0.05) is 6.04 Å². The highest BCUT2D eigenvalue weighted by atomic mass is 32.2. The highest BCUT2D eigenvalue weighted by molar-refractivity contribution is 8.03. The van der Waals surface area contributed by atoms with E-state index < -0.39 is 9.84 Å². The monoisotopic (exact) mass is 339 g/mol. The number of rotatable bonds is 5. The fraction of sp³-hybridized carbons (Fsp3) is 0.667. The van der Waals surface area contributed by atoms with Crippen molar-refractivity contribution in [1.82, 2.24) is 15.5 Å². The van der Waals surface area contributed by atoms with Crippen LogP contribution in [-0.2, 0) is 14.6 Å². The van der Waals surface area contributed by atoms with Gasteiger partial charge in [-0.3, -0.25) is 4.79 Å². The molecule has 10 heteroatoms. The first-order valence-electron chi connectivity index (χ1n) is 5.48. The zero-order chi connectivity index (χ0) is 13.9. The van der Waals surface area contributed by atoms with Gasteiger partial charge in [0.2, 0.25) is 5.91 Å². The van der Waals surface area contributed by atoms with E-state index in [-0.39, 0.29) is 29.2 Å². The molecule has 1 unspecified atom stereocenters. The summed E-state index contributed by atoms with van der Waals surface area (Å²) >= 11 is 4.28. The summed E-state index contributed by atoms with van der Waals surface area (Å²) in [5, 5.41) is 10.6. The lowest BCUT2D eigenvalue weighted by molar-refractivity contribution is -0.119. The molecule has 1 fully saturated rings. The van der Waals surface area contributed by atoms with E-state index in [4.69, 9.17) is 0 Å². The summed E-state index contributed by atoms with van der Waals surface area (Å²) in [6, 6.07) is -0.241. The first-order valence-corrected chi connectivity index (χ1v) is 10.3. The first-order chi connectivity index (χ1) is 8.98. The number of amides is 1. The molecule has 0 aromatic carbocycles. The number of carbonyl (C=O) groups is 1. The van der Waals surface area contributed by atoms with Crippen LogP contribution in [0, 0.1) is 0 Å². The van der Waals surface area contributed by atoms with E-state index in [9.17, 15) is 13.2 Å². The van der Waals surface area contributed by atoms with Gasteiger partial charge in [-0.2, -0.15) is 0 Å². The summed E-state index contributed by atoms with van der Waals surface area (Å²) in [7, 11) is -2.95. The van der Waals surface area contributed by atoms with Gasteiger partial charge in [0.15, 0.2) is 18.5 Å². The predicted octanol–water partition coefficient (Wildman–Crippen LogP) is 0.655. The Hall–Kier alpha value is -0.320. The van der Waals surface area contributed by atoms with Crippen molar-refractivity contribution in [2.45, 2.75) is 21.1 Å². The minimum Gasteiger partial charge on any atom is -0.352 e. The number of thioether (sulfide) groups is 2. The summed E-state index contributed by atoms with van der Waals surface area (Å²) in [4.78, 5) is 11.7. The van der Waals surface area contributed by atoms with Crippen molar-refractivity contribution < 1.29 is 13.2 Å². The zero-order valence-electron chi connectivity index (χ0n) is 10.2. The Labute approximate surface area is 124 Å². The lowest BCUT2D eigenvalue weighted by atomic mass is 10.3. The molecule has 1 atom stereocenters. The summed E-state index contributed by atoms with van der Waals surface area (Å²) in [6.07, 6.45) is 2.43. The van der Waals surface area contributed by atoms with Crippen LogP contribution in [-0.4, -0.2) is 54.1 Å². The van der Waals surface area contributed by atoms with E-state index in [0.29, 0.717) is 6.42 Å². The van der Waals surface area contributed by atoms with Gasteiger partial charge in [-0.05, 0) is 12.7 Å². The van der Waals surface area contributed by atoms with Crippen molar-refractivity contribution in [1.29, 1.82) is 0 Å². The third-order valence-electron chi connectivity index (χ3n) is 2.49. The molecule has 2 rings (SSSR count). The Bertz CT molecular complexity index is 557. The van der Waals surface area contributed by atoms with E-state index in [0.717, 1.165) is 8.68 Å². The van der Waals surface area contributed by atoms with Crippen molar-refractivity contribution >= 4 is 50.6 Å². The third kappa shape index (κ3) is 4.62. The molecule has 0 bridgehead atoms. The maximum atomic E-state index is 11.7. The van der Waals surface area contributed by atoms with E-state index >= 15 is 0 Å². The molecule has 2 heterocycles. The van der Waals surface area contributed by atoms with Crippen molar-refractivity contribution in [3.63, 3.8) is 0 Å². The van der Waals surface area contributed by atoms with E-state index in [1.54, 1.807) is 0 Å². The van der Waals surface area contributed by atoms with Crippen molar-refractivity contribution in [3.8, 4) is 0 Å². The second-order valence-electron chi connectivity index (χ2n) is 3.99. The van der Waals surface area contributed by atoms with Crippen LogP contribution in [0.25, 0.3) is 0 Å². The SMILES string of the molecule is CSc1nnc(SCC(=O)NC2CCS(=O)(=O)C2)s1. The molecule has 1 N–H and O–H groups in total. The molecule has 1 aromatic heterocycles. The van der Waals surface area contributed by atoms with Crippen LogP contribution in [0.4, 0.5) is 0 Å². The minimum absolute atomic E-state index is 0.0544. The summed E-state index contributed by atoms with van der Waals surface area (Å²) < 4.78 is 24.1. The Morgan fingerprint density at radius 2 is 2.21 bits per heavy atom. The molecule has 1 amide bonds. The maximum absolute atomic E-state index is 11.7. The summed E-state index contributed by atoms with van der Waals surface area (Å²) in [6.45, 7) is 0. The fourth-order valence-corrected chi connectivity index (χ4v) is 5.57. The van der Waals surface area contributed by atoms with E-state index in [1.165, 1.54) is 34.9 Å². The van der Waals surface area contributed by atoms with Gasteiger partial charge >= 0.3 is 0 Å². The van der Waals surface area contributed by atoms with Gasteiger partial charge in [0.25, 0.3) is 0 Å². The lowest BCUT2D eigenvalue weighted by Gasteiger charge is -2.09. The van der Waals surface area contributed by atoms with Crippen molar-refractivity contribution in [3.05, 3.63) is 0 Å². The first kappa shape index (κ1) is 15.1. The van der Waals surface area contributed by atoms with Crippen molar-refractivity contribution in [2.24, 2.45) is 0 Å². The smallest absolute Gasteiger partial charge is 0.230 e. The topological polar surface area (TPSA) is 89.0 Å². The summed E-state index contributed by atoms with van der Waals surface area (Å²) in [5.74, 6) is 0.296. The number of carbonyl (C=O) groups excluding carboxylic acids is 1. The van der Waals surface area contributed by atoms with E-state index in [1.807, 2.05) is 6.26 Å². The van der Waals surface area contributed by atoms with E-state index in [2.05, 4.69) is 15.5 Å². The molecule has 106 valence electrons. The van der Waals surface area contributed by atoms with Crippen LogP contribution >= 0.6 is 34.9 Å². The number of hydrogen-bond acceptors (Lipinski definition) is 8. The Balaban J connectivity index is 1.76. The number of sulfone groups is 1. The van der Waals surface area contributed by atoms with Crippen molar-refractivity contribution in [2.75, 3.05) is 23.5 Å². The molecule has 1 aliphatic heterocycles. The maximum Gasteiger partial charge on any atom is 0.230 e. The molecular formula is C9H13N3O3S4. The van der Waals surface area contributed by atoms with Crippen LogP contribution in [0.5, 0.6) is 0 Å². The zero-order valence-corrected chi connectivity index (χ0v) is 13.4. The van der Waals surface area contributed by atoms with Crippen LogP contribution < -0.4 is 5.32 Å². The number of hydrogen-bond donors (Lipinski definition) is 1. The van der Waals surface area contributed by atoms with Crippen LogP contribution in [0.15, 0.2) is 8.68 Å². The minimum atomic E-state index is -2.95. The molecule has 6 nitrogen and oxygen atoms in total. The summed E-state index contributed by atoms with van der Waals surface area (Å²) in [5.41, 5.74) is 0.